The molecule has 0 unspecified atom stereocenters. The summed E-state index contributed by atoms with van der Waals surface area (Å²) in [6.07, 6.45) is 4.18. The second-order valence-electron chi connectivity index (χ2n) is 8.79. The van der Waals surface area contributed by atoms with E-state index in [0.717, 1.165) is 54.9 Å². The van der Waals surface area contributed by atoms with Crippen molar-refractivity contribution in [2.75, 3.05) is 44.2 Å². The number of pyridine rings is 1. The van der Waals surface area contributed by atoms with Gasteiger partial charge in [0.05, 0.1) is 18.7 Å². The SMILES string of the molecule is CCC(=O)CN1CCN(c2ccc3c(n2)OCCn2cc(-c4ncnn4C(C)C)nc2-3)CC1. The number of rotatable bonds is 6. The highest BCUT2D eigenvalue weighted by atomic mass is 16.5. The molecule has 0 N–H and O–H groups in total. The van der Waals surface area contributed by atoms with Crippen molar-refractivity contribution < 1.29 is 9.53 Å². The zero-order chi connectivity index (χ0) is 22.9. The highest BCUT2D eigenvalue weighted by Crippen LogP contribution is 2.34. The number of nitrogens with zero attached hydrogens (tertiary/aromatic N) is 8. The van der Waals surface area contributed by atoms with Crippen molar-refractivity contribution in [1.29, 1.82) is 0 Å². The number of hydrogen-bond donors (Lipinski definition) is 0. The first kappa shape index (κ1) is 21.6. The Balaban J connectivity index is 1.38. The molecule has 1 saturated heterocycles. The summed E-state index contributed by atoms with van der Waals surface area (Å²) < 4.78 is 10.0. The van der Waals surface area contributed by atoms with E-state index < -0.39 is 0 Å². The van der Waals surface area contributed by atoms with Crippen molar-refractivity contribution >= 4 is 11.6 Å². The summed E-state index contributed by atoms with van der Waals surface area (Å²) >= 11 is 0. The molecule has 2 aliphatic heterocycles. The van der Waals surface area contributed by atoms with Gasteiger partial charge in [0.1, 0.15) is 36.1 Å². The Morgan fingerprint density at radius 3 is 2.67 bits per heavy atom. The van der Waals surface area contributed by atoms with Gasteiger partial charge in [0.2, 0.25) is 5.88 Å². The van der Waals surface area contributed by atoms with Crippen LogP contribution in [0.15, 0.2) is 24.7 Å². The quantitative estimate of drug-likeness (QED) is 0.565. The van der Waals surface area contributed by atoms with Gasteiger partial charge in [-0.15, -0.1) is 0 Å². The molecule has 1 fully saturated rings. The molecule has 3 aromatic rings. The Kier molecular flexibility index (Phi) is 5.84. The lowest BCUT2D eigenvalue weighted by atomic mass is 10.2. The van der Waals surface area contributed by atoms with E-state index in [9.17, 15) is 4.79 Å². The van der Waals surface area contributed by atoms with Crippen LogP contribution in [0.1, 0.15) is 33.2 Å². The summed E-state index contributed by atoms with van der Waals surface area (Å²) in [6.45, 7) is 11.2. The second-order valence-corrected chi connectivity index (χ2v) is 8.79. The van der Waals surface area contributed by atoms with Crippen LogP contribution in [0.3, 0.4) is 0 Å². The Hall–Kier alpha value is -3.27. The molecule has 0 atom stereocenters. The second kappa shape index (κ2) is 8.93. The molecule has 174 valence electrons. The smallest absolute Gasteiger partial charge is 0.226 e. The van der Waals surface area contributed by atoms with E-state index in [1.54, 1.807) is 6.33 Å². The van der Waals surface area contributed by atoms with Crippen molar-refractivity contribution in [2.24, 2.45) is 0 Å². The third-order valence-corrected chi connectivity index (χ3v) is 6.22. The van der Waals surface area contributed by atoms with Crippen molar-refractivity contribution in [3.63, 3.8) is 0 Å². The lowest BCUT2D eigenvalue weighted by Gasteiger charge is -2.35. The third kappa shape index (κ3) is 4.22. The molecule has 0 radical (unpaired) electrons. The Labute approximate surface area is 193 Å². The summed E-state index contributed by atoms with van der Waals surface area (Å²) in [6, 6.07) is 4.28. The molecule has 0 saturated carbocycles. The topological polar surface area (TPSA) is 94.2 Å². The van der Waals surface area contributed by atoms with Crippen molar-refractivity contribution in [1.82, 2.24) is 34.2 Å². The van der Waals surface area contributed by atoms with E-state index in [-0.39, 0.29) is 6.04 Å². The molecule has 0 aromatic carbocycles. The first-order chi connectivity index (χ1) is 16.0. The van der Waals surface area contributed by atoms with E-state index >= 15 is 0 Å². The lowest BCUT2D eigenvalue weighted by molar-refractivity contribution is -0.119. The van der Waals surface area contributed by atoms with Crippen LogP contribution in [0, 0.1) is 0 Å². The monoisotopic (exact) mass is 450 g/mol. The average Bonchev–Trinajstić information content (AvgIpc) is 3.44. The summed E-state index contributed by atoms with van der Waals surface area (Å²) in [5, 5.41) is 4.34. The number of hydrogen-bond acceptors (Lipinski definition) is 8. The maximum atomic E-state index is 11.8. The average molecular weight is 451 g/mol. The summed E-state index contributed by atoms with van der Waals surface area (Å²) in [5.74, 6) is 3.39. The minimum atomic E-state index is 0.199. The maximum absolute atomic E-state index is 11.8. The lowest BCUT2D eigenvalue weighted by Crippen LogP contribution is -2.48. The van der Waals surface area contributed by atoms with Crippen LogP contribution in [-0.2, 0) is 11.3 Å². The molecular formula is C23H30N8O2. The zero-order valence-electron chi connectivity index (χ0n) is 19.4. The standard InChI is InChI=1S/C23H30N8O2/c1-4-17(32)13-28-7-9-29(10-8-28)20-6-5-18-21-26-19(22-24-15-25-31(22)16(2)3)14-30(21)11-12-33-23(18)27-20/h5-6,14-16H,4,7-13H2,1-3H3. The minimum Gasteiger partial charge on any atom is -0.475 e. The minimum absolute atomic E-state index is 0.199. The van der Waals surface area contributed by atoms with E-state index in [2.05, 4.69) is 38.3 Å². The molecule has 33 heavy (non-hydrogen) atoms. The number of fused-ring (bicyclic) bond motifs is 3. The van der Waals surface area contributed by atoms with E-state index in [4.69, 9.17) is 14.7 Å². The number of carbonyl (C=O) groups is 1. The number of anilines is 1. The highest BCUT2D eigenvalue weighted by molar-refractivity contribution is 5.80. The molecule has 0 spiro atoms. The van der Waals surface area contributed by atoms with Gasteiger partial charge in [0.25, 0.3) is 0 Å². The Morgan fingerprint density at radius 2 is 1.91 bits per heavy atom. The van der Waals surface area contributed by atoms with Gasteiger partial charge in [-0.05, 0) is 26.0 Å². The van der Waals surface area contributed by atoms with Gasteiger partial charge in [-0.2, -0.15) is 10.1 Å². The molecule has 5 rings (SSSR count). The fraction of sp³-hybridized carbons (Fsp3) is 0.522. The highest BCUT2D eigenvalue weighted by Gasteiger charge is 2.25. The van der Waals surface area contributed by atoms with Crippen LogP contribution in [0.25, 0.3) is 22.9 Å². The van der Waals surface area contributed by atoms with Crippen molar-refractivity contribution in [2.45, 2.75) is 39.8 Å². The normalized spacial score (nSPS) is 16.3. The number of aromatic nitrogens is 6. The first-order valence-corrected chi connectivity index (χ1v) is 11.6. The molecule has 2 aliphatic rings. The number of piperazine rings is 1. The van der Waals surface area contributed by atoms with E-state index in [0.29, 0.717) is 37.8 Å². The Bertz CT molecular complexity index is 1140. The molecule has 10 nitrogen and oxygen atoms in total. The number of ether oxygens (including phenoxy) is 1. The summed E-state index contributed by atoms with van der Waals surface area (Å²) in [5.41, 5.74) is 1.68. The van der Waals surface area contributed by atoms with E-state index in [1.165, 1.54) is 0 Å². The molecule has 0 bridgehead atoms. The predicted octanol–water partition coefficient (Wildman–Crippen LogP) is 2.28. The van der Waals surface area contributed by atoms with Crippen molar-refractivity contribution in [3.05, 3.63) is 24.7 Å². The largest absolute Gasteiger partial charge is 0.475 e. The number of ketones is 1. The first-order valence-electron chi connectivity index (χ1n) is 11.6. The van der Waals surface area contributed by atoms with Crippen LogP contribution in [-0.4, -0.2) is 79.3 Å². The third-order valence-electron chi connectivity index (χ3n) is 6.22. The van der Waals surface area contributed by atoms with Crippen LogP contribution >= 0.6 is 0 Å². The number of Topliss-reactive ketones (excluding diaryl/α,β-unsaturated/α-hetero) is 1. The van der Waals surface area contributed by atoms with Crippen LogP contribution < -0.4 is 9.64 Å². The van der Waals surface area contributed by atoms with Crippen LogP contribution in [0.5, 0.6) is 5.88 Å². The Morgan fingerprint density at radius 1 is 1.09 bits per heavy atom. The molecule has 3 aromatic heterocycles. The van der Waals surface area contributed by atoms with Gasteiger partial charge in [0, 0.05) is 44.8 Å². The molecular weight excluding hydrogens is 420 g/mol. The van der Waals surface area contributed by atoms with Gasteiger partial charge in [-0.25, -0.2) is 14.6 Å². The fourth-order valence-electron chi connectivity index (χ4n) is 4.34. The van der Waals surface area contributed by atoms with Gasteiger partial charge >= 0.3 is 0 Å². The number of imidazole rings is 1. The number of carbonyl (C=O) groups excluding carboxylic acids is 1. The van der Waals surface area contributed by atoms with Crippen LogP contribution in [0.4, 0.5) is 5.82 Å². The van der Waals surface area contributed by atoms with E-state index in [1.807, 2.05) is 29.9 Å². The van der Waals surface area contributed by atoms with Gasteiger partial charge < -0.3 is 14.2 Å². The molecule has 5 heterocycles. The summed E-state index contributed by atoms with van der Waals surface area (Å²) in [4.78, 5) is 30.4. The van der Waals surface area contributed by atoms with Gasteiger partial charge in [-0.3, -0.25) is 9.69 Å². The van der Waals surface area contributed by atoms with Crippen molar-refractivity contribution in [3.8, 4) is 28.8 Å². The summed E-state index contributed by atoms with van der Waals surface area (Å²) in [7, 11) is 0. The molecule has 10 heteroatoms. The fourth-order valence-corrected chi connectivity index (χ4v) is 4.34. The van der Waals surface area contributed by atoms with Gasteiger partial charge in [0.15, 0.2) is 5.82 Å². The van der Waals surface area contributed by atoms with Crippen LogP contribution in [0.2, 0.25) is 0 Å². The zero-order valence-corrected chi connectivity index (χ0v) is 19.4. The van der Waals surface area contributed by atoms with Gasteiger partial charge in [-0.1, -0.05) is 6.92 Å². The molecule has 0 aliphatic carbocycles. The predicted molar refractivity (Wildman–Crippen MR) is 124 cm³/mol. The molecule has 0 amide bonds. The maximum Gasteiger partial charge on any atom is 0.226 e.